The third-order valence-corrected chi connectivity index (χ3v) is 1.45. The van der Waals surface area contributed by atoms with Crippen molar-refractivity contribution in [3.63, 3.8) is 0 Å². The highest BCUT2D eigenvalue weighted by Gasteiger charge is 1.83. The number of benzene rings is 1. The summed E-state index contributed by atoms with van der Waals surface area (Å²) in [7, 11) is 0. The maximum Gasteiger partial charge on any atom is 0.0742 e. The number of hydrogen-bond donors (Lipinski definition) is 2. The Hall–Kier alpha value is -0.830. The standard InChI is InChI=1S/C8H7Cl.C3H8O2/c9-7-6-8-4-2-1-3-5-8;1-3(5)2-4/h1-7H;3-5H,2H2,1H3. The molecule has 0 fully saturated rings. The quantitative estimate of drug-likeness (QED) is 0.793. The zero-order valence-corrected chi connectivity index (χ0v) is 8.85. The smallest absolute Gasteiger partial charge is 0.0742 e. The molecule has 0 heterocycles. The van der Waals surface area contributed by atoms with Crippen LogP contribution in [0.3, 0.4) is 0 Å². The molecule has 2 N–H and O–H groups in total. The van der Waals surface area contributed by atoms with Crippen molar-refractivity contribution in [2.24, 2.45) is 0 Å². The van der Waals surface area contributed by atoms with Crippen molar-refractivity contribution in [2.75, 3.05) is 6.61 Å². The van der Waals surface area contributed by atoms with Crippen molar-refractivity contribution in [1.29, 1.82) is 0 Å². The minimum Gasteiger partial charge on any atom is -0.394 e. The Labute approximate surface area is 89.5 Å². The second kappa shape index (κ2) is 8.75. The van der Waals surface area contributed by atoms with Gasteiger partial charge in [-0.1, -0.05) is 41.9 Å². The molecule has 0 aliphatic heterocycles. The third-order valence-electron chi connectivity index (χ3n) is 1.32. The normalized spacial score (nSPS) is 12.0. The van der Waals surface area contributed by atoms with Crippen LogP contribution in [0.25, 0.3) is 6.08 Å². The van der Waals surface area contributed by atoms with Gasteiger partial charge < -0.3 is 10.2 Å². The zero-order valence-electron chi connectivity index (χ0n) is 8.10. The fourth-order valence-corrected chi connectivity index (χ4v) is 0.782. The Kier molecular flexibility index (Phi) is 8.24. The van der Waals surface area contributed by atoms with Gasteiger partial charge in [0.1, 0.15) is 0 Å². The monoisotopic (exact) mass is 214 g/mol. The van der Waals surface area contributed by atoms with Gasteiger partial charge in [0, 0.05) is 5.54 Å². The summed E-state index contributed by atoms with van der Waals surface area (Å²) in [5, 5.41) is 16.0. The van der Waals surface area contributed by atoms with Gasteiger partial charge in [0.2, 0.25) is 0 Å². The molecule has 3 heteroatoms. The van der Waals surface area contributed by atoms with E-state index in [1.807, 2.05) is 36.4 Å². The molecule has 1 aromatic rings. The number of aliphatic hydroxyl groups excluding tert-OH is 2. The lowest BCUT2D eigenvalue weighted by Crippen LogP contribution is -2.03. The molecule has 0 radical (unpaired) electrons. The second-order valence-electron chi connectivity index (χ2n) is 2.73. The van der Waals surface area contributed by atoms with Crippen molar-refractivity contribution < 1.29 is 10.2 Å². The molecule has 0 saturated heterocycles. The van der Waals surface area contributed by atoms with Crippen LogP contribution in [-0.4, -0.2) is 22.9 Å². The Bertz CT molecular complexity index is 245. The summed E-state index contributed by atoms with van der Waals surface area (Å²) in [6, 6.07) is 9.93. The van der Waals surface area contributed by atoms with E-state index in [2.05, 4.69) is 0 Å². The molecule has 2 nitrogen and oxygen atoms in total. The van der Waals surface area contributed by atoms with Crippen LogP contribution >= 0.6 is 11.6 Å². The van der Waals surface area contributed by atoms with E-state index < -0.39 is 6.10 Å². The van der Waals surface area contributed by atoms with Crippen LogP contribution in [0.5, 0.6) is 0 Å². The predicted octanol–water partition coefficient (Wildman–Crippen LogP) is 2.26. The lowest BCUT2D eigenvalue weighted by Gasteiger charge is -1.90. The van der Waals surface area contributed by atoms with Crippen LogP contribution in [0.2, 0.25) is 0 Å². The second-order valence-corrected chi connectivity index (χ2v) is 2.99. The Balaban J connectivity index is 0.000000292. The van der Waals surface area contributed by atoms with E-state index in [-0.39, 0.29) is 6.61 Å². The SMILES string of the molecule is CC(O)CO.ClC=Cc1ccccc1. The van der Waals surface area contributed by atoms with Crippen LogP contribution in [0.15, 0.2) is 35.9 Å². The fourth-order valence-electron chi connectivity index (χ4n) is 0.637. The first kappa shape index (κ1) is 13.2. The minimum absolute atomic E-state index is 0.139. The van der Waals surface area contributed by atoms with E-state index in [1.54, 1.807) is 0 Å². The fraction of sp³-hybridized carbons (Fsp3) is 0.273. The molecule has 1 unspecified atom stereocenters. The third kappa shape index (κ3) is 7.80. The Morgan fingerprint density at radius 3 is 2.21 bits per heavy atom. The van der Waals surface area contributed by atoms with Crippen LogP contribution < -0.4 is 0 Å². The van der Waals surface area contributed by atoms with Crippen molar-refractivity contribution in [2.45, 2.75) is 13.0 Å². The van der Waals surface area contributed by atoms with E-state index in [1.165, 1.54) is 12.5 Å². The molecular weight excluding hydrogens is 200 g/mol. The average Bonchev–Trinajstić information content (AvgIpc) is 2.21. The summed E-state index contributed by atoms with van der Waals surface area (Å²) < 4.78 is 0. The van der Waals surface area contributed by atoms with Crippen LogP contribution in [0.1, 0.15) is 12.5 Å². The van der Waals surface area contributed by atoms with Gasteiger partial charge >= 0.3 is 0 Å². The number of hydrogen-bond acceptors (Lipinski definition) is 2. The van der Waals surface area contributed by atoms with Crippen molar-refractivity contribution in [3.05, 3.63) is 41.4 Å². The molecular formula is C11H15ClO2. The molecule has 0 amide bonds. The number of halogens is 1. The Morgan fingerprint density at radius 1 is 1.36 bits per heavy atom. The molecule has 1 rings (SSSR count). The molecule has 0 saturated carbocycles. The van der Waals surface area contributed by atoms with Gasteiger partial charge in [-0.05, 0) is 18.6 Å². The maximum absolute atomic E-state index is 8.11. The average molecular weight is 215 g/mol. The Morgan fingerprint density at radius 2 is 1.86 bits per heavy atom. The summed E-state index contributed by atoms with van der Waals surface area (Å²) in [6.07, 6.45) is 1.29. The highest BCUT2D eigenvalue weighted by Crippen LogP contribution is 2.00. The van der Waals surface area contributed by atoms with Gasteiger partial charge in [0.05, 0.1) is 12.7 Å². The highest BCUT2D eigenvalue weighted by atomic mass is 35.5. The first-order valence-corrected chi connectivity index (χ1v) is 4.75. The molecule has 14 heavy (non-hydrogen) atoms. The van der Waals surface area contributed by atoms with E-state index in [0.717, 1.165) is 5.56 Å². The molecule has 1 atom stereocenters. The molecule has 1 aromatic carbocycles. The summed E-state index contributed by atoms with van der Waals surface area (Å²) in [4.78, 5) is 0. The topological polar surface area (TPSA) is 40.5 Å². The minimum atomic E-state index is -0.560. The lowest BCUT2D eigenvalue weighted by molar-refractivity contribution is 0.110. The summed E-state index contributed by atoms with van der Waals surface area (Å²) in [6.45, 7) is 1.39. The largest absolute Gasteiger partial charge is 0.394 e. The van der Waals surface area contributed by atoms with Crippen molar-refractivity contribution >= 4 is 17.7 Å². The van der Waals surface area contributed by atoms with Gasteiger partial charge in [-0.25, -0.2) is 0 Å². The molecule has 0 bridgehead atoms. The van der Waals surface area contributed by atoms with Crippen molar-refractivity contribution in [1.82, 2.24) is 0 Å². The van der Waals surface area contributed by atoms with E-state index >= 15 is 0 Å². The first-order valence-electron chi connectivity index (χ1n) is 4.31. The number of rotatable bonds is 2. The van der Waals surface area contributed by atoms with E-state index in [4.69, 9.17) is 21.8 Å². The van der Waals surface area contributed by atoms with Crippen LogP contribution in [0.4, 0.5) is 0 Å². The van der Waals surface area contributed by atoms with Crippen LogP contribution in [-0.2, 0) is 0 Å². The first-order chi connectivity index (χ1) is 6.70. The van der Waals surface area contributed by atoms with Gasteiger partial charge in [-0.2, -0.15) is 0 Å². The maximum atomic E-state index is 8.11. The molecule has 0 aliphatic rings. The van der Waals surface area contributed by atoms with E-state index in [0.29, 0.717) is 0 Å². The van der Waals surface area contributed by atoms with Gasteiger partial charge in [0.15, 0.2) is 0 Å². The number of aliphatic hydroxyl groups is 2. The highest BCUT2D eigenvalue weighted by molar-refractivity contribution is 6.27. The molecule has 0 aliphatic carbocycles. The molecule has 0 aromatic heterocycles. The van der Waals surface area contributed by atoms with Gasteiger partial charge in [-0.3, -0.25) is 0 Å². The zero-order chi connectivity index (χ0) is 10.8. The predicted molar refractivity (Wildman–Crippen MR) is 60.1 cm³/mol. The van der Waals surface area contributed by atoms with Crippen molar-refractivity contribution in [3.8, 4) is 0 Å². The van der Waals surface area contributed by atoms with Gasteiger partial charge in [0.25, 0.3) is 0 Å². The van der Waals surface area contributed by atoms with Gasteiger partial charge in [-0.15, -0.1) is 0 Å². The lowest BCUT2D eigenvalue weighted by atomic mass is 10.2. The summed E-state index contributed by atoms with van der Waals surface area (Å²) in [5.41, 5.74) is 2.64. The van der Waals surface area contributed by atoms with Crippen LogP contribution in [0, 0.1) is 0 Å². The molecule has 78 valence electrons. The summed E-state index contributed by atoms with van der Waals surface area (Å²) >= 11 is 5.36. The summed E-state index contributed by atoms with van der Waals surface area (Å²) in [5.74, 6) is 0. The molecule has 0 spiro atoms. The van der Waals surface area contributed by atoms with E-state index in [9.17, 15) is 0 Å².